The van der Waals surface area contributed by atoms with Gasteiger partial charge >= 0.3 is 0 Å². The third kappa shape index (κ3) is 4.48. The molecule has 0 saturated carbocycles. The van der Waals surface area contributed by atoms with Crippen molar-refractivity contribution in [3.8, 4) is 55.6 Å². The highest BCUT2D eigenvalue weighted by Crippen LogP contribution is 2.64. The van der Waals surface area contributed by atoms with Crippen LogP contribution in [0.3, 0.4) is 0 Å². The van der Waals surface area contributed by atoms with E-state index in [0.717, 1.165) is 17.1 Å². The second-order valence-electron chi connectivity index (χ2n) is 18.8. The molecule has 0 saturated heterocycles. The normalized spacial score (nSPS) is 15.5. The number of hydrogen-bond donors (Lipinski definition) is 0. The molecule has 13 rings (SSSR count). The molecule has 62 heavy (non-hydrogen) atoms. The lowest BCUT2D eigenvalue weighted by atomic mass is 9.70. The number of rotatable bonds is 4. The van der Waals surface area contributed by atoms with Gasteiger partial charge in [0.25, 0.3) is 0 Å². The Hall–Kier alpha value is -7.22. The second kappa shape index (κ2) is 12.4. The summed E-state index contributed by atoms with van der Waals surface area (Å²) in [6.45, 7) is 9.55. The van der Waals surface area contributed by atoms with Crippen molar-refractivity contribution in [2.24, 2.45) is 0 Å². The fourth-order valence-corrected chi connectivity index (χ4v) is 12.3. The van der Waals surface area contributed by atoms with Gasteiger partial charge in [0, 0.05) is 27.9 Å². The van der Waals surface area contributed by atoms with E-state index in [1.807, 2.05) is 0 Å². The van der Waals surface area contributed by atoms with Gasteiger partial charge in [-0.25, -0.2) is 0 Å². The lowest BCUT2D eigenvalue weighted by molar-refractivity contribution is 0.660. The molecule has 0 amide bonds. The van der Waals surface area contributed by atoms with E-state index in [4.69, 9.17) is 0 Å². The predicted octanol–water partition coefficient (Wildman–Crippen LogP) is 15.8. The molecule has 1 spiro atoms. The molecule has 9 aromatic carbocycles. The Labute approximate surface area is 364 Å². The molecule has 0 unspecified atom stereocenters. The Morgan fingerprint density at radius 1 is 0.274 bits per heavy atom. The van der Waals surface area contributed by atoms with Gasteiger partial charge in [0.1, 0.15) is 0 Å². The minimum absolute atomic E-state index is 0.139. The molecule has 4 aliphatic carbocycles. The number of benzene rings is 9. The summed E-state index contributed by atoms with van der Waals surface area (Å²) in [5, 5.41) is 0. The standard InChI is InChI=1S/C61H45N/c1-59(2)51-34-31-39(35-49(51)58-42(23-16-28-55(58)59)38-17-6-5-7-18-38)62(40-29-32-47-43-19-8-12-24-50(43)60(3,4)56(47)36-40)41-30-33-48-46-22-11-15-27-54(46)61(57(48)37-41)52-25-13-9-20-44(52)45-21-10-14-26-53(45)61/h5-37H,1-4H3. The first-order valence-corrected chi connectivity index (χ1v) is 22.1. The third-order valence-corrected chi connectivity index (χ3v) is 15.1. The highest BCUT2D eigenvalue weighted by Gasteiger charge is 2.52. The zero-order valence-corrected chi connectivity index (χ0v) is 35.5. The maximum absolute atomic E-state index is 2.54. The first-order chi connectivity index (χ1) is 30.3. The molecule has 4 aliphatic rings. The Balaban J connectivity index is 1.08. The molecule has 0 radical (unpaired) electrons. The summed E-state index contributed by atoms with van der Waals surface area (Å²) in [6, 6.07) is 75.9. The van der Waals surface area contributed by atoms with Crippen LogP contribution in [-0.4, -0.2) is 0 Å². The molecule has 0 atom stereocenters. The van der Waals surface area contributed by atoms with Crippen molar-refractivity contribution in [2.75, 3.05) is 4.90 Å². The van der Waals surface area contributed by atoms with Crippen molar-refractivity contribution in [1.82, 2.24) is 0 Å². The van der Waals surface area contributed by atoms with Crippen LogP contribution in [0.5, 0.6) is 0 Å². The summed E-state index contributed by atoms with van der Waals surface area (Å²) in [6.07, 6.45) is 0. The lowest BCUT2D eigenvalue weighted by Gasteiger charge is -2.33. The monoisotopic (exact) mass is 791 g/mol. The van der Waals surface area contributed by atoms with Gasteiger partial charge in [0.2, 0.25) is 0 Å². The maximum Gasteiger partial charge on any atom is 0.0726 e. The number of hydrogen-bond acceptors (Lipinski definition) is 1. The Bertz CT molecular complexity index is 3300. The SMILES string of the molecule is CC1(C)c2ccccc2-c2ccc(N(c3ccc4c(c3)-c3c(-c5ccccc5)cccc3C4(C)C)c3ccc4c(c3)C3(c5ccccc5-c5ccccc53)c3ccccc3-4)cc21. The van der Waals surface area contributed by atoms with Crippen LogP contribution in [0.1, 0.15) is 72.2 Å². The molecule has 0 N–H and O–H groups in total. The molecule has 0 fully saturated rings. The van der Waals surface area contributed by atoms with Crippen LogP contribution < -0.4 is 4.90 Å². The smallest absolute Gasteiger partial charge is 0.0726 e. The molecule has 0 aromatic heterocycles. The van der Waals surface area contributed by atoms with Crippen molar-refractivity contribution >= 4 is 17.1 Å². The van der Waals surface area contributed by atoms with Crippen LogP contribution in [0.25, 0.3) is 55.6 Å². The van der Waals surface area contributed by atoms with E-state index < -0.39 is 5.41 Å². The van der Waals surface area contributed by atoms with Crippen LogP contribution >= 0.6 is 0 Å². The average Bonchev–Trinajstić information content (AvgIpc) is 3.94. The van der Waals surface area contributed by atoms with Crippen molar-refractivity contribution in [1.29, 1.82) is 0 Å². The van der Waals surface area contributed by atoms with Crippen LogP contribution in [0.15, 0.2) is 200 Å². The average molecular weight is 792 g/mol. The third-order valence-electron chi connectivity index (χ3n) is 15.1. The zero-order chi connectivity index (χ0) is 41.5. The minimum Gasteiger partial charge on any atom is -0.310 e. The number of anilines is 3. The van der Waals surface area contributed by atoms with Gasteiger partial charge in [-0.1, -0.05) is 191 Å². The summed E-state index contributed by atoms with van der Waals surface area (Å²) in [7, 11) is 0. The van der Waals surface area contributed by atoms with Crippen LogP contribution in [0.2, 0.25) is 0 Å². The lowest BCUT2D eigenvalue weighted by Crippen LogP contribution is -2.26. The molecule has 294 valence electrons. The molecular weight excluding hydrogens is 747 g/mol. The summed E-state index contributed by atoms with van der Waals surface area (Å²) >= 11 is 0. The first kappa shape index (κ1) is 35.5. The highest BCUT2D eigenvalue weighted by atomic mass is 15.1. The largest absolute Gasteiger partial charge is 0.310 e. The fraction of sp³-hybridized carbons (Fsp3) is 0.115. The van der Waals surface area contributed by atoms with Crippen LogP contribution in [0, 0.1) is 0 Å². The zero-order valence-electron chi connectivity index (χ0n) is 35.5. The van der Waals surface area contributed by atoms with Crippen LogP contribution in [0.4, 0.5) is 17.1 Å². The Morgan fingerprint density at radius 2 is 0.677 bits per heavy atom. The maximum atomic E-state index is 2.54. The van der Waals surface area contributed by atoms with Crippen LogP contribution in [-0.2, 0) is 16.2 Å². The fourth-order valence-electron chi connectivity index (χ4n) is 12.3. The first-order valence-electron chi connectivity index (χ1n) is 22.1. The van der Waals surface area contributed by atoms with E-state index in [9.17, 15) is 0 Å². The van der Waals surface area contributed by atoms with E-state index in [2.05, 4.69) is 233 Å². The quantitative estimate of drug-likeness (QED) is 0.172. The van der Waals surface area contributed by atoms with Crippen molar-refractivity contribution in [2.45, 2.75) is 43.9 Å². The molecule has 1 nitrogen and oxygen atoms in total. The summed E-state index contributed by atoms with van der Waals surface area (Å²) in [4.78, 5) is 2.54. The van der Waals surface area contributed by atoms with E-state index in [1.54, 1.807) is 0 Å². The molecule has 9 aromatic rings. The second-order valence-corrected chi connectivity index (χ2v) is 18.8. The number of nitrogens with zero attached hydrogens (tertiary/aromatic N) is 1. The summed E-state index contributed by atoms with van der Waals surface area (Å²) < 4.78 is 0. The van der Waals surface area contributed by atoms with E-state index in [1.165, 1.54) is 100 Å². The van der Waals surface area contributed by atoms with Gasteiger partial charge in [0.15, 0.2) is 0 Å². The van der Waals surface area contributed by atoms with Gasteiger partial charge < -0.3 is 4.90 Å². The van der Waals surface area contributed by atoms with Crippen molar-refractivity contribution in [3.63, 3.8) is 0 Å². The molecule has 0 bridgehead atoms. The van der Waals surface area contributed by atoms with E-state index in [0.29, 0.717) is 0 Å². The molecule has 0 aliphatic heterocycles. The van der Waals surface area contributed by atoms with Gasteiger partial charge in [-0.2, -0.15) is 0 Å². The minimum atomic E-state index is -0.437. The van der Waals surface area contributed by atoms with Crippen molar-refractivity contribution < 1.29 is 0 Å². The Kier molecular flexibility index (Phi) is 7.12. The van der Waals surface area contributed by atoms with Gasteiger partial charge in [-0.15, -0.1) is 0 Å². The van der Waals surface area contributed by atoms with Gasteiger partial charge in [-0.05, 0) is 137 Å². The van der Waals surface area contributed by atoms with E-state index in [-0.39, 0.29) is 10.8 Å². The topological polar surface area (TPSA) is 3.24 Å². The summed E-state index contributed by atoms with van der Waals surface area (Å²) in [5.41, 5.74) is 26.8. The van der Waals surface area contributed by atoms with Gasteiger partial charge in [-0.3, -0.25) is 0 Å². The molecule has 1 heteroatoms. The number of fused-ring (bicyclic) bond motifs is 16. The highest BCUT2D eigenvalue weighted by molar-refractivity contribution is 5.98. The molecular formula is C61H45N. The van der Waals surface area contributed by atoms with Gasteiger partial charge in [0.05, 0.1) is 5.41 Å². The summed E-state index contributed by atoms with van der Waals surface area (Å²) in [5.74, 6) is 0. The molecule has 0 heterocycles. The van der Waals surface area contributed by atoms with Crippen molar-refractivity contribution in [3.05, 3.63) is 245 Å². The Morgan fingerprint density at radius 3 is 1.29 bits per heavy atom. The van der Waals surface area contributed by atoms with E-state index >= 15 is 0 Å². The predicted molar refractivity (Wildman–Crippen MR) is 258 cm³/mol.